The number of alkyl halides is 1. The highest BCUT2D eigenvalue weighted by molar-refractivity contribution is 6.59. The van der Waals surface area contributed by atoms with Crippen molar-refractivity contribution in [2.75, 3.05) is 0 Å². The van der Waals surface area contributed by atoms with E-state index in [1.54, 1.807) is 6.92 Å². The minimum absolute atomic E-state index is 0.155. The molecule has 0 aliphatic rings. The van der Waals surface area contributed by atoms with Crippen molar-refractivity contribution in [1.29, 1.82) is 0 Å². The van der Waals surface area contributed by atoms with Crippen LogP contribution in [0.3, 0.4) is 0 Å². The summed E-state index contributed by atoms with van der Waals surface area (Å²) in [5.74, 6) is 0. The molecule has 0 fully saturated rings. The van der Waals surface area contributed by atoms with Gasteiger partial charge in [0.1, 0.15) is 0 Å². The van der Waals surface area contributed by atoms with Gasteiger partial charge in [-0.3, -0.25) is 0 Å². The monoisotopic (exact) mass is 238 g/mol. The molecule has 13 heavy (non-hydrogen) atoms. The van der Waals surface area contributed by atoms with Crippen LogP contribution in [-0.2, 0) is 13.9 Å². The van der Waals surface area contributed by atoms with Gasteiger partial charge in [0.2, 0.25) is 0 Å². The highest BCUT2D eigenvalue weighted by atomic mass is 35.5. The summed E-state index contributed by atoms with van der Waals surface area (Å²) in [4.78, 5) is 0. The standard InChI is InChI=1S/C5H10ClF3O3Si/c1-2-5(6)3-4-13(10-7,11-8)12-9/h5H,2-4H2,1H3. The van der Waals surface area contributed by atoms with Gasteiger partial charge in [0, 0.05) is 11.4 Å². The Labute approximate surface area is 79.8 Å². The number of hydrogen-bond donors (Lipinski definition) is 0. The first-order valence-electron chi connectivity index (χ1n) is 3.67. The Morgan fingerprint density at radius 2 is 1.69 bits per heavy atom. The van der Waals surface area contributed by atoms with Crippen molar-refractivity contribution in [3.05, 3.63) is 0 Å². The molecule has 0 amide bonds. The topological polar surface area (TPSA) is 27.7 Å². The lowest BCUT2D eigenvalue weighted by atomic mass is 10.3. The summed E-state index contributed by atoms with van der Waals surface area (Å²) in [6.07, 6.45) is 0.749. The summed E-state index contributed by atoms with van der Waals surface area (Å²) in [6, 6.07) is -0.349. The smallest absolute Gasteiger partial charge is 0.174 e. The van der Waals surface area contributed by atoms with Crippen molar-refractivity contribution in [3.8, 4) is 0 Å². The van der Waals surface area contributed by atoms with Crippen LogP contribution in [0.1, 0.15) is 19.8 Å². The van der Waals surface area contributed by atoms with Crippen LogP contribution in [-0.4, -0.2) is 14.2 Å². The van der Waals surface area contributed by atoms with E-state index < -0.39 is 8.80 Å². The molecule has 0 spiro atoms. The Hall–Kier alpha value is 0.177. The number of hydrogen-bond acceptors (Lipinski definition) is 3. The molecule has 0 N–H and O–H groups in total. The molecule has 0 aromatic rings. The van der Waals surface area contributed by atoms with Gasteiger partial charge < -0.3 is 0 Å². The van der Waals surface area contributed by atoms with E-state index in [2.05, 4.69) is 13.9 Å². The molecule has 8 heteroatoms. The van der Waals surface area contributed by atoms with E-state index in [0.717, 1.165) is 0 Å². The maximum Gasteiger partial charge on any atom is 0.601 e. The third kappa shape index (κ3) is 4.27. The van der Waals surface area contributed by atoms with Crippen molar-refractivity contribution < 1.29 is 27.5 Å². The van der Waals surface area contributed by atoms with Crippen LogP contribution in [0.5, 0.6) is 0 Å². The second-order valence-electron chi connectivity index (χ2n) is 2.46. The van der Waals surface area contributed by atoms with E-state index in [1.165, 1.54) is 0 Å². The molecule has 1 atom stereocenters. The lowest BCUT2D eigenvalue weighted by molar-refractivity contribution is -0.211. The maximum atomic E-state index is 11.7. The molecular weight excluding hydrogens is 229 g/mol. The maximum absolute atomic E-state index is 11.7. The van der Waals surface area contributed by atoms with Crippen molar-refractivity contribution in [2.24, 2.45) is 0 Å². The van der Waals surface area contributed by atoms with Crippen LogP contribution >= 0.6 is 11.6 Å². The molecule has 0 rings (SSSR count). The molecule has 0 aromatic heterocycles. The average molecular weight is 239 g/mol. The van der Waals surface area contributed by atoms with Gasteiger partial charge in [-0.15, -0.1) is 11.6 Å². The molecule has 0 aliphatic heterocycles. The minimum atomic E-state index is -4.38. The predicted molar refractivity (Wildman–Crippen MR) is 41.7 cm³/mol. The van der Waals surface area contributed by atoms with E-state index in [1.807, 2.05) is 0 Å². The fourth-order valence-electron chi connectivity index (χ4n) is 0.689. The first-order valence-corrected chi connectivity index (χ1v) is 6.04. The molecule has 0 aliphatic carbocycles. The molecule has 1 unspecified atom stereocenters. The van der Waals surface area contributed by atoms with E-state index >= 15 is 0 Å². The first-order chi connectivity index (χ1) is 6.14. The number of rotatable bonds is 7. The molecule has 0 saturated carbocycles. The minimum Gasteiger partial charge on any atom is -0.174 e. The van der Waals surface area contributed by atoms with Gasteiger partial charge >= 0.3 is 8.80 Å². The number of halogens is 4. The molecule has 0 bridgehead atoms. The van der Waals surface area contributed by atoms with Crippen LogP contribution in [0.15, 0.2) is 0 Å². The van der Waals surface area contributed by atoms with Crippen LogP contribution < -0.4 is 0 Å². The Morgan fingerprint density at radius 3 is 2.00 bits per heavy atom. The van der Waals surface area contributed by atoms with Crippen LogP contribution in [0, 0.1) is 0 Å². The molecule has 0 radical (unpaired) electrons. The summed E-state index contributed by atoms with van der Waals surface area (Å²) >= 11 is 5.63. The van der Waals surface area contributed by atoms with E-state index in [9.17, 15) is 13.6 Å². The lowest BCUT2D eigenvalue weighted by Gasteiger charge is -2.15. The third-order valence-corrected chi connectivity index (χ3v) is 3.69. The van der Waals surface area contributed by atoms with Crippen molar-refractivity contribution >= 4 is 20.4 Å². The Balaban J connectivity index is 3.95. The van der Waals surface area contributed by atoms with Gasteiger partial charge in [-0.25, -0.2) is 0 Å². The van der Waals surface area contributed by atoms with Gasteiger partial charge in [-0.2, -0.15) is 13.9 Å². The van der Waals surface area contributed by atoms with E-state index in [4.69, 9.17) is 11.6 Å². The Bertz CT molecular complexity index is 130. The molecule has 80 valence electrons. The molecule has 0 heterocycles. The second-order valence-corrected chi connectivity index (χ2v) is 5.40. The zero-order chi connectivity index (χ0) is 10.3. The second kappa shape index (κ2) is 6.60. The highest BCUT2D eigenvalue weighted by Crippen LogP contribution is 2.22. The molecule has 3 nitrogen and oxygen atoms in total. The van der Waals surface area contributed by atoms with Gasteiger partial charge in [0.15, 0.2) is 0 Å². The quantitative estimate of drug-likeness (QED) is 0.504. The summed E-state index contributed by atoms with van der Waals surface area (Å²) < 4.78 is 44.0. The van der Waals surface area contributed by atoms with Crippen LogP contribution in [0.2, 0.25) is 6.04 Å². The van der Waals surface area contributed by atoms with Crippen molar-refractivity contribution in [3.63, 3.8) is 0 Å². The average Bonchev–Trinajstić information content (AvgIpc) is 2.20. The van der Waals surface area contributed by atoms with Crippen LogP contribution in [0.25, 0.3) is 0 Å². The predicted octanol–water partition coefficient (Wildman–Crippen LogP) is 3.04. The van der Waals surface area contributed by atoms with Crippen molar-refractivity contribution in [1.82, 2.24) is 0 Å². The van der Waals surface area contributed by atoms with E-state index in [0.29, 0.717) is 6.42 Å². The van der Waals surface area contributed by atoms with E-state index in [-0.39, 0.29) is 17.8 Å². The fraction of sp³-hybridized carbons (Fsp3) is 1.00. The molecular formula is C5H10ClF3O3Si. The first kappa shape index (κ1) is 13.2. The van der Waals surface area contributed by atoms with Gasteiger partial charge in [-0.1, -0.05) is 20.5 Å². The zero-order valence-corrected chi connectivity index (χ0v) is 8.69. The third-order valence-electron chi connectivity index (χ3n) is 1.56. The summed E-state index contributed by atoms with van der Waals surface area (Å²) in [5.41, 5.74) is 0. The van der Waals surface area contributed by atoms with Crippen LogP contribution in [0.4, 0.5) is 13.6 Å². The van der Waals surface area contributed by atoms with Gasteiger partial charge in [0.25, 0.3) is 0 Å². The molecule has 0 aromatic carbocycles. The van der Waals surface area contributed by atoms with Gasteiger partial charge in [0.05, 0.1) is 0 Å². The highest BCUT2D eigenvalue weighted by Gasteiger charge is 2.47. The lowest BCUT2D eigenvalue weighted by Crippen LogP contribution is -2.39. The zero-order valence-electron chi connectivity index (χ0n) is 6.94. The Kier molecular flexibility index (Phi) is 6.69. The molecule has 0 saturated heterocycles. The fourth-order valence-corrected chi connectivity index (χ4v) is 1.99. The largest absolute Gasteiger partial charge is 0.601 e. The summed E-state index contributed by atoms with van der Waals surface area (Å²) in [7, 11) is -4.38. The SMILES string of the molecule is CCC(Cl)CC[Si](OF)(OF)OF. The summed E-state index contributed by atoms with van der Waals surface area (Å²) in [6.45, 7) is 1.78. The summed E-state index contributed by atoms with van der Waals surface area (Å²) in [5, 5.41) is -0.313. The normalized spacial score (nSPS) is 14.5. The van der Waals surface area contributed by atoms with Gasteiger partial charge in [-0.05, 0) is 12.8 Å². The van der Waals surface area contributed by atoms with Crippen molar-refractivity contribution in [2.45, 2.75) is 31.2 Å². The Morgan fingerprint density at radius 1 is 1.23 bits per heavy atom.